The van der Waals surface area contributed by atoms with Crippen LogP contribution in [0.1, 0.15) is 26.6 Å². The number of nitrogens with two attached hydrogens (primary N) is 1. The van der Waals surface area contributed by atoms with E-state index in [1.807, 2.05) is 0 Å². The Kier molecular flexibility index (Phi) is 6.55. The first-order valence-electron chi connectivity index (χ1n) is 6.37. The van der Waals surface area contributed by atoms with Crippen LogP contribution < -0.4 is 5.73 Å². The molecule has 0 spiro atoms. The van der Waals surface area contributed by atoms with Crippen LogP contribution in [0.15, 0.2) is 29.6 Å². The third-order valence-electron chi connectivity index (χ3n) is 2.97. The lowest BCUT2D eigenvalue weighted by Crippen LogP contribution is -2.26. The van der Waals surface area contributed by atoms with Crippen molar-refractivity contribution in [2.45, 2.75) is 19.3 Å². The first-order valence-corrected chi connectivity index (χ1v) is 7.25. The summed E-state index contributed by atoms with van der Waals surface area (Å²) < 4.78 is 38.0. The van der Waals surface area contributed by atoms with Crippen molar-refractivity contribution in [2.75, 3.05) is 7.05 Å². The molecule has 2 N–H and O–H groups in total. The molecule has 0 radical (unpaired) electrons. The fraction of sp³-hybridized carbons (Fsp3) is 0.286. The van der Waals surface area contributed by atoms with Crippen molar-refractivity contribution in [2.24, 2.45) is 5.73 Å². The Morgan fingerprint density at radius 1 is 1.39 bits per heavy atom. The van der Waals surface area contributed by atoms with E-state index in [1.54, 1.807) is 11.4 Å². The molecule has 1 aromatic carbocycles. The number of halogens is 4. The summed E-state index contributed by atoms with van der Waals surface area (Å²) >= 11 is 1.28. The molecule has 2 rings (SSSR count). The monoisotopic (exact) mass is 365 g/mol. The molecule has 1 heterocycles. The summed E-state index contributed by atoms with van der Waals surface area (Å²) in [5, 5.41) is 2.23. The SMILES string of the molecule is CN(Cc1cccc(C(F)(F)F)c1)C(=O)c1csc(CN)n1.Cl. The second kappa shape index (κ2) is 7.76. The van der Waals surface area contributed by atoms with Gasteiger partial charge in [0, 0.05) is 25.5 Å². The lowest BCUT2D eigenvalue weighted by Gasteiger charge is -2.17. The van der Waals surface area contributed by atoms with Crippen molar-refractivity contribution in [1.82, 2.24) is 9.88 Å². The van der Waals surface area contributed by atoms with Gasteiger partial charge in [0.05, 0.1) is 5.56 Å². The van der Waals surface area contributed by atoms with Gasteiger partial charge in [-0.1, -0.05) is 12.1 Å². The van der Waals surface area contributed by atoms with Crippen molar-refractivity contribution in [3.05, 3.63) is 51.5 Å². The molecule has 4 nitrogen and oxygen atoms in total. The Balaban J connectivity index is 0.00000264. The van der Waals surface area contributed by atoms with Crippen LogP contribution in [0.2, 0.25) is 0 Å². The van der Waals surface area contributed by atoms with Crippen molar-refractivity contribution in [3.8, 4) is 0 Å². The lowest BCUT2D eigenvalue weighted by atomic mass is 10.1. The van der Waals surface area contributed by atoms with Crippen LogP contribution >= 0.6 is 23.7 Å². The zero-order valence-corrected chi connectivity index (χ0v) is 13.8. The van der Waals surface area contributed by atoms with Gasteiger partial charge in [0.2, 0.25) is 0 Å². The molecule has 0 saturated carbocycles. The zero-order chi connectivity index (χ0) is 16.3. The van der Waals surface area contributed by atoms with Gasteiger partial charge in [-0.3, -0.25) is 4.79 Å². The van der Waals surface area contributed by atoms with Gasteiger partial charge in [0.25, 0.3) is 5.91 Å². The number of aromatic nitrogens is 1. The molecule has 2 aromatic rings. The van der Waals surface area contributed by atoms with Gasteiger partial charge >= 0.3 is 6.18 Å². The second-order valence-corrected chi connectivity index (χ2v) is 5.63. The smallest absolute Gasteiger partial charge is 0.336 e. The number of carbonyl (C=O) groups is 1. The Hall–Kier alpha value is -1.64. The van der Waals surface area contributed by atoms with E-state index in [-0.39, 0.29) is 37.1 Å². The van der Waals surface area contributed by atoms with Gasteiger partial charge in [-0.15, -0.1) is 23.7 Å². The zero-order valence-electron chi connectivity index (χ0n) is 12.1. The quantitative estimate of drug-likeness (QED) is 0.904. The van der Waals surface area contributed by atoms with Gasteiger partial charge in [0.1, 0.15) is 10.7 Å². The van der Waals surface area contributed by atoms with Crippen molar-refractivity contribution in [1.29, 1.82) is 0 Å². The number of amides is 1. The van der Waals surface area contributed by atoms with E-state index < -0.39 is 11.7 Å². The minimum Gasteiger partial charge on any atom is -0.336 e. The Bertz CT molecular complexity index is 675. The van der Waals surface area contributed by atoms with Crippen molar-refractivity contribution >= 4 is 29.7 Å². The van der Waals surface area contributed by atoms with Crippen LogP contribution in [0.4, 0.5) is 13.2 Å². The summed E-state index contributed by atoms with van der Waals surface area (Å²) in [5.41, 5.74) is 5.36. The van der Waals surface area contributed by atoms with E-state index in [4.69, 9.17) is 5.73 Å². The predicted molar refractivity (Wildman–Crippen MR) is 84.5 cm³/mol. The van der Waals surface area contributed by atoms with E-state index in [1.165, 1.54) is 29.4 Å². The highest BCUT2D eigenvalue weighted by molar-refractivity contribution is 7.09. The number of hydrogen-bond donors (Lipinski definition) is 1. The largest absolute Gasteiger partial charge is 0.416 e. The molecular weight excluding hydrogens is 351 g/mol. The number of carbonyl (C=O) groups excluding carboxylic acids is 1. The van der Waals surface area contributed by atoms with Crippen LogP contribution in [0, 0.1) is 0 Å². The Morgan fingerprint density at radius 2 is 2.09 bits per heavy atom. The number of benzene rings is 1. The third-order valence-corrected chi connectivity index (χ3v) is 3.84. The molecule has 1 amide bonds. The number of hydrogen-bond acceptors (Lipinski definition) is 4. The van der Waals surface area contributed by atoms with E-state index >= 15 is 0 Å². The van der Waals surface area contributed by atoms with Crippen LogP contribution in [0.5, 0.6) is 0 Å². The number of rotatable bonds is 4. The first-order chi connectivity index (χ1) is 10.3. The maximum Gasteiger partial charge on any atom is 0.416 e. The fourth-order valence-corrected chi connectivity index (χ4v) is 2.54. The molecule has 126 valence electrons. The molecule has 0 aliphatic heterocycles. The summed E-state index contributed by atoms with van der Waals surface area (Å²) in [4.78, 5) is 17.6. The third kappa shape index (κ3) is 4.92. The van der Waals surface area contributed by atoms with Crippen molar-refractivity contribution in [3.63, 3.8) is 0 Å². The average Bonchev–Trinajstić information content (AvgIpc) is 2.94. The summed E-state index contributed by atoms with van der Waals surface area (Å²) in [5.74, 6) is -0.353. The van der Waals surface area contributed by atoms with E-state index in [0.29, 0.717) is 10.6 Å². The molecular formula is C14H15ClF3N3OS. The van der Waals surface area contributed by atoms with Gasteiger partial charge in [-0.2, -0.15) is 13.2 Å². The second-order valence-electron chi connectivity index (χ2n) is 4.69. The average molecular weight is 366 g/mol. The van der Waals surface area contributed by atoms with Gasteiger partial charge < -0.3 is 10.6 Å². The van der Waals surface area contributed by atoms with Gasteiger partial charge in [0.15, 0.2) is 0 Å². The first kappa shape index (κ1) is 19.4. The predicted octanol–water partition coefficient (Wildman–Crippen LogP) is 3.31. The van der Waals surface area contributed by atoms with Gasteiger partial charge in [-0.05, 0) is 17.7 Å². The minimum atomic E-state index is -4.40. The van der Waals surface area contributed by atoms with E-state index in [9.17, 15) is 18.0 Å². The van der Waals surface area contributed by atoms with Crippen LogP contribution in [0.25, 0.3) is 0 Å². The molecule has 1 aromatic heterocycles. The minimum absolute atomic E-state index is 0. The number of nitrogens with zero attached hydrogens (tertiary/aromatic N) is 2. The summed E-state index contributed by atoms with van der Waals surface area (Å²) in [6.45, 7) is 0.313. The Morgan fingerprint density at radius 3 is 2.65 bits per heavy atom. The Labute approximate surface area is 141 Å². The summed E-state index contributed by atoms with van der Waals surface area (Å²) in [7, 11) is 1.52. The molecule has 0 unspecified atom stereocenters. The highest BCUT2D eigenvalue weighted by Gasteiger charge is 2.30. The highest BCUT2D eigenvalue weighted by Crippen LogP contribution is 2.29. The number of alkyl halides is 3. The molecule has 23 heavy (non-hydrogen) atoms. The summed E-state index contributed by atoms with van der Waals surface area (Å²) in [6.07, 6.45) is -4.40. The normalized spacial score (nSPS) is 11.0. The topological polar surface area (TPSA) is 59.2 Å². The molecule has 9 heteroatoms. The molecule has 0 bridgehead atoms. The van der Waals surface area contributed by atoms with Crippen LogP contribution in [0.3, 0.4) is 0 Å². The standard InChI is InChI=1S/C14H14F3N3OS.ClH/c1-20(13(21)11-8-22-12(6-18)19-11)7-9-3-2-4-10(5-9)14(15,16)17;/h2-5,8H,6-7,18H2,1H3;1H. The van der Waals surface area contributed by atoms with E-state index in [2.05, 4.69) is 4.98 Å². The highest BCUT2D eigenvalue weighted by atomic mass is 35.5. The molecule has 0 aliphatic carbocycles. The maximum absolute atomic E-state index is 12.7. The van der Waals surface area contributed by atoms with Crippen LogP contribution in [-0.4, -0.2) is 22.8 Å². The lowest BCUT2D eigenvalue weighted by molar-refractivity contribution is -0.137. The van der Waals surface area contributed by atoms with E-state index in [0.717, 1.165) is 12.1 Å². The number of thiazole rings is 1. The molecule has 0 atom stereocenters. The van der Waals surface area contributed by atoms with Crippen molar-refractivity contribution < 1.29 is 18.0 Å². The molecule has 0 fully saturated rings. The fourth-order valence-electron chi connectivity index (χ4n) is 1.89. The maximum atomic E-state index is 12.7. The van der Waals surface area contributed by atoms with Crippen LogP contribution in [-0.2, 0) is 19.3 Å². The molecule has 0 aliphatic rings. The summed E-state index contributed by atoms with van der Waals surface area (Å²) in [6, 6.07) is 4.91. The van der Waals surface area contributed by atoms with Gasteiger partial charge in [-0.25, -0.2) is 4.98 Å². The molecule has 0 saturated heterocycles.